The van der Waals surface area contributed by atoms with Gasteiger partial charge in [0.15, 0.2) is 0 Å². The SMILES string of the molecule is Cc1ccc(F)c(/C=N/O)c1C(C)(C)C. The van der Waals surface area contributed by atoms with E-state index in [4.69, 9.17) is 5.21 Å². The molecule has 0 amide bonds. The average molecular weight is 209 g/mol. The summed E-state index contributed by atoms with van der Waals surface area (Å²) in [4.78, 5) is 0. The molecule has 1 N–H and O–H groups in total. The normalized spacial score (nSPS) is 12.3. The van der Waals surface area contributed by atoms with Gasteiger partial charge >= 0.3 is 0 Å². The van der Waals surface area contributed by atoms with Gasteiger partial charge in [-0.25, -0.2) is 4.39 Å². The van der Waals surface area contributed by atoms with E-state index in [1.807, 2.05) is 27.7 Å². The summed E-state index contributed by atoms with van der Waals surface area (Å²) >= 11 is 0. The highest BCUT2D eigenvalue weighted by Crippen LogP contribution is 2.29. The molecule has 2 nitrogen and oxygen atoms in total. The second kappa shape index (κ2) is 4.01. The highest BCUT2D eigenvalue weighted by Gasteiger charge is 2.21. The van der Waals surface area contributed by atoms with Gasteiger partial charge in [0.25, 0.3) is 0 Å². The van der Waals surface area contributed by atoms with Crippen LogP contribution in [0.2, 0.25) is 0 Å². The minimum atomic E-state index is -0.358. The maximum atomic E-state index is 13.5. The van der Waals surface area contributed by atoms with Crippen LogP contribution in [0.4, 0.5) is 4.39 Å². The number of nitrogens with zero attached hydrogens (tertiary/aromatic N) is 1. The molecule has 0 radical (unpaired) electrons. The van der Waals surface area contributed by atoms with Crippen molar-refractivity contribution in [3.8, 4) is 0 Å². The number of halogens is 1. The molecule has 3 heteroatoms. The third-order valence-corrected chi connectivity index (χ3v) is 2.34. The van der Waals surface area contributed by atoms with Crippen molar-refractivity contribution in [3.05, 3.63) is 34.6 Å². The first kappa shape index (κ1) is 11.7. The Morgan fingerprint density at radius 3 is 2.40 bits per heavy atom. The highest BCUT2D eigenvalue weighted by atomic mass is 19.1. The van der Waals surface area contributed by atoms with Gasteiger partial charge in [0.1, 0.15) is 5.82 Å². The van der Waals surface area contributed by atoms with Gasteiger partial charge in [-0.15, -0.1) is 0 Å². The van der Waals surface area contributed by atoms with E-state index in [1.54, 1.807) is 6.07 Å². The topological polar surface area (TPSA) is 32.6 Å². The zero-order chi connectivity index (χ0) is 11.6. The molecule has 0 heterocycles. The third kappa shape index (κ3) is 2.35. The Morgan fingerprint density at radius 2 is 1.93 bits per heavy atom. The number of oxime groups is 1. The minimum Gasteiger partial charge on any atom is -0.411 e. The van der Waals surface area contributed by atoms with Gasteiger partial charge < -0.3 is 5.21 Å². The van der Waals surface area contributed by atoms with Crippen LogP contribution in [0.25, 0.3) is 0 Å². The molecular weight excluding hydrogens is 193 g/mol. The Labute approximate surface area is 89.4 Å². The third-order valence-electron chi connectivity index (χ3n) is 2.34. The van der Waals surface area contributed by atoms with Gasteiger partial charge in [-0.2, -0.15) is 0 Å². The largest absolute Gasteiger partial charge is 0.411 e. The van der Waals surface area contributed by atoms with Crippen LogP contribution < -0.4 is 0 Å². The molecule has 0 saturated heterocycles. The molecule has 82 valence electrons. The Morgan fingerprint density at radius 1 is 1.33 bits per heavy atom. The van der Waals surface area contributed by atoms with Crippen molar-refractivity contribution in [2.45, 2.75) is 33.1 Å². The standard InChI is InChI=1S/C12H16FNO/c1-8-5-6-10(13)9(7-14-15)11(8)12(2,3)4/h5-7,15H,1-4H3/b14-7+. The molecule has 0 aliphatic rings. The van der Waals surface area contributed by atoms with Crippen molar-refractivity contribution in [2.24, 2.45) is 5.16 Å². The smallest absolute Gasteiger partial charge is 0.132 e. The number of hydrogen-bond acceptors (Lipinski definition) is 2. The van der Waals surface area contributed by atoms with E-state index < -0.39 is 0 Å². The lowest BCUT2D eigenvalue weighted by molar-refractivity contribution is 0.321. The van der Waals surface area contributed by atoms with E-state index in [0.29, 0.717) is 5.56 Å². The maximum Gasteiger partial charge on any atom is 0.132 e. The van der Waals surface area contributed by atoms with Crippen LogP contribution in [-0.4, -0.2) is 11.4 Å². The van der Waals surface area contributed by atoms with E-state index in [2.05, 4.69) is 5.16 Å². The molecule has 0 atom stereocenters. The van der Waals surface area contributed by atoms with E-state index in [-0.39, 0.29) is 11.2 Å². The quantitative estimate of drug-likeness (QED) is 0.430. The molecule has 0 unspecified atom stereocenters. The molecular formula is C12H16FNO. The summed E-state index contributed by atoms with van der Waals surface area (Å²) in [6.45, 7) is 7.94. The summed E-state index contributed by atoms with van der Waals surface area (Å²) in [6, 6.07) is 3.13. The Kier molecular flexibility index (Phi) is 3.12. The van der Waals surface area contributed by atoms with E-state index in [0.717, 1.165) is 17.3 Å². The van der Waals surface area contributed by atoms with Crippen molar-refractivity contribution >= 4 is 6.21 Å². The molecule has 0 aliphatic heterocycles. The van der Waals surface area contributed by atoms with Crippen LogP contribution in [0.3, 0.4) is 0 Å². The lowest BCUT2D eigenvalue weighted by Crippen LogP contribution is -2.17. The van der Waals surface area contributed by atoms with Gasteiger partial charge in [0.05, 0.1) is 6.21 Å². The Balaban J connectivity index is 3.52. The fraction of sp³-hybridized carbons (Fsp3) is 0.417. The molecule has 0 bridgehead atoms. The van der Waals surface area contributed by atoms with Crippen LogP contribution in [0, 0.1) is 12.7 Å². The van der Waals surface area contributed by atoms with Gasteiger partial charge in [-0.1, -0.05) is 32.0 Å². The van der Waals surface area contributed by atoms with Crippen LogP contribution >= 0.6 is 0 Å². The zero-order valence-corrected chi connectivity index (χ0v) is 9.50. The minimum absolute atomic E-state index is 0.178. The van der Waals surface area contributed by atoms with Crippen molar-refractivity contribution in [1.29, 1.82) is 0 Å². The lowest BCUT2D eigenvalue weighted by Gasteiger charge is -2.24. The first-order valence-corrected chi connectivity index (χ1v) is 4.85. The van der Waals surface area contributed by atoms with E-state index in [1.165, 1.54) is 6.07 Å². The van der Waals surface area contributed by atoms with Crippen LogP contribution in [0.15, 0.2) is 17.3 Å². The number of aryl methyl sites for hydroxylation is 1. The van der Waals surface area contributed by atoms with Crippen molar-refractivity contribution in [3.63, 3.8) is 0 Å². The predicted molar refractivity (Wildman–Crippen MR) is 59.2 cm³/mol. The molecule has 0 fully saturated rings. The Bertz CT molecular complexity index is 391. The second-order valence-electron chi connectivity index (χ2n) is 4.65. The zero-order valence-electron chi connectivity index (χ0n) is 9.50. The van der Waals surface area contributed by atoms with Gasteiger partial charge in [-0.05, 0) is 29.5 Å². The summed E-state index contributed by atoms with van der Waals surface area (Å²) in [5.74, 6) is -0.358. The Hall–Kier alpha value is -1.38. The molecule has 15 heavy (non-hydrogen) atoms. The van der Waals surface area contributed by atoms with Crippen molar-refractivity contribution in [2.75, 3.05) is 0 Å². The van der Waals surface area contributed by atoms with Crippen molar-refractivity contribution < 1.29 is 9.60 Å². The first-order valence-electron chi connectivity index (χ1n) is 4.85. The number of benzene rings is 1. The molecule has 1 aromatic carbocycles. The predicted octanol–water partition coefficient (Wildman–Crippen LogP) is 3.24. The average Bonchev–Trinajstić information content (AvgIpc) is 2.09. The van der Waals surface area contributed by atoms with Crippen LogP contribution in [0.1, 0.15) is 37.5 Å². The fourth-order valence-electron chi connectivity index (χ4n) is 1.88. The van der Waals surface area contributed by atoms with Gasteiger partial charge in [0.2, 0.25) is 0 Å². The summed E-state index contributed by atoms with van der Waals surface area (Å²) in [5.41, 5.74) is 2.06. The van der Waals surface area contributed by atoms with Crippen LogP contribution in [0.5, 0.6) is 0 Å². The molecule has 0 aliphatic carbocycles. The second-order valence-corrected chi connectivity index (χ2v) is 4.65. The molecule has 1 rings (SSSR count). The molecule has 1 aromatic rings. The fourth-order valence-corrected chi connectivity index (χ4v) is 1.88. The maximum absolute atomic E-state index is 13.5. The van der Waals surface area contributed by atoms with E-state index in [9.17, 15) is 4.39 Å². The van der Waals surface area contributed by atoms with Gasteiger partial charge in [-0.3, -0.25) is 0 Å². The van der Waals surface area contributed by atoms with Gasteiger partial charge in [0, 0.05) is 5.56 Å². The molecule has 0 aromatic heterocycles. The molecule has 0 spiro atoms. The number of rotatable bonds is 1. The van der Waals surface area contributed by atoms with Crippen molar-refractivity contribution in [1.82, 2.24) is 0 Å². The number of hydrogen-bond donors (Lipinski definition) is 1. The molecule has 0 saturated carbocycles. The monoisotopic (exact) mass is 209 g/mol. The summed E-state index contributed by atoms with van der Waals surface area (Å²) in [7, 11) is 0. The summed E-state index contributed by atoms with van der Waals surface area (Å²) < 4.78 is 13.5. The van der Waals surface area contributed by atoms with Crippen LogP contribution in [-0.2, 0) is 5.41 Å². The first-order chi connectivity index (χ1) is 6.88. The van der Waals surface area contributed by atoms with E-state index >= 15 is 0 Å². The summed E-state index contributed by atoms with van der Waals surface area (Å²) in [6.07, 6.45) is 1.16. The lowest BCUT2D eigenvalue weighted by atomic mass is 9.81. The summed E-state index contributed by atoms with van der Waals surface area (Å²) in [5, 5.41) is 11.4. The highest BCUT2D eigenvalue weighted by molar-refractivity contribution is 5.83.